The van der Waals surface area contributed by atoms with E-state index in [0.717, 1.165) is 54.2 Å². The molecule has 1 aromatic heterocycles. The van der Waals surface area contributed by atoms with Gasteiger partial charge in [-0.15, -0.1) is 10.2 Å². The number of hydrogen-bond acceptors (Lipinski definition) is 8. The third kappa shape index (κ3) is 5.37. The molecule has 3 heterocycles. The zero-order valence-electron chi connectivity index (χ0n) is 16.9. The molecular formula is C20H25N5O3S2. The largest absolute Gasteiger partial charge is 0.379 e. The smallest absolute Gasteiger partial charge is 0.231 e. The lowest BCUT2D eigenvalue weighted by Crippen LogP contribution is -2.37. The van der Waals surface area contributed by atoms with Crippen LogP contribution in [-0.2, 0) is 14.3 Å². The number of benzene rings is 1. The van der Waals surface area contributed by atoms with Gasteiger partial charge in [0.05, 0.1) is 19.1 Å². The summed E-state index contributed by atoms with van der Waals surface area (Å²) in [6.07, 6.45) is 0.208. The Morgan fingerprint density at radius 3 is 2.97 bits per heavy atom. The summed E-state index contributed by atoms with van der Waals surface area (Å²) >= 11 is 3.02. The fourth-order valence-electron chi connectivity index (χ4n) is 3.54. The monoisotopic (exact) mass is 447 g/mol. The fraction of sp³-hybridized carbons (Fsp3) is 0.500. The van der Waals surface area contributed by atoms with Crippen LogP contribution in [0, 0.1) is 12.8 Å². The second-order valence-corrected chi connectivity index (χ2v) is 9.73. The number of carbonyl (C=O) groups is 2. The van der Waals surface area contributed by atoms with Gasteiger partial charge in [0, 0.05) is 44.0 Å². The molecule has 0 bridgehead atoms. The van der Waals surface area contributed by atoms with Crippen LogP contribution < -0.4 is 10.2 Å². The predicted octanol–water partition coefficient (Wildman–Crippen LogP) is 2.26. The summed E-state index contributed by atoms with van der Waals surface area (Å²) in [5.74, 6) is 0.321. The number of hydrogen-bond donors (Lipinski definition) is 1. The van der Waals surface area contributed by atoms with Gasteiger partial charge in [-0.1, -0.05) is 35.2 Å². The molecule has 160 valence electrons. The van der Waals surface area contributed by atoms with Gasteiger partial charge in [0.25, 0.3) is 0 Å². The number of morpholine rings is 1. The van der Waals surface area contributed by atoms with E-state index in [4.69, 9.17) is 4.74 Å². The number of amides is 2. The maximum atomic E-state index is 12.7. The van der Waals surface area contributed by atoms with E-state index in [1.54, 1.807) is 16.7 Å². The van der Waals surface area contributed by atoms with Crippen LogP contribution in [0.25, 0.3) is 0 Å². The minimum absolute atomic E-state index is 0.0302. The number of aromatic nitrogens is 2. The zero-order chi connectivity index (χ0) is 20.9. The van der Waals surface area contributed by atoms with Crippen molar-refractivity contribution in [2.75, 3.05) is 55.4 Å². The lowest BCUT2D eigenvalue weighted by Gasteiger charge is -2.25. The van der Waals surface area contributed by atoms with Gasteiger partial charge in [-0.05, 0) is 24.6 Å². The molecule has 1 aromatic carbocycles. The van der Waals surface area contributed by atoms with Crippen molar-refractivity contribution in [1.82, 2.24) is 15.1 Å². The highest BCUT2D eigenvalue weighted by atomic mass is 32.2. The van der Waals surface area contributed by atoms with Crippen LogP contribution in [0.3, 0.4) is 0 Å². The standard InChI is InChI=1S/C20H25N5O3S2/c1-14-3-2-4-16(11-14)25-13-15(12-17(25)26)18(27)21-19-22-23-20(30-19)29-10-7-24-5-8-28-9-6-24/h2-4,11,15H,5-10,12-13H2,1H3,(H,21,22,27)/t15-/m1/s1. The van der Waals surface area contributed by atoms with E-state index in [1.165, 1.54) is 11.3 Å². The Labute approximate surface area is 184 Å². The number of nitrogens with one attached hydrogen (secondary N) is 1. The van der Waals surface area contributed by atoms with Gasteiger partial charge in [-0.3, -0.25) is 14.5 Å². The molecule has 2 aliphatic heterocycles. The van der Waals surface area contributed by atoms with E-state index in [0.29, 0.717) is 11.7 Å². The molecule has 0 spiro atoms. The molecule has 2 saturated heterocycles. The number of ether oxygens (including phenoxy) is 1. The lowest BCUT2D eigenvalue weighted by atomic mass is 10.1. The predicted molar refractivity (Wildman–Crippen MR) is 118 cm³/mol. The van der Waals surface area contributed by atoms with Crippen LogP contribution in [0.15, 0.2) is 28.6 Å². The van der Waals surface area contributed by atoms with E-state index < -0.39 is 0 Å². The molecule has 1 atom stereocenters. The fourth-order valence-corrected chi connectivity index (χ4v) is 5.37. The summed E-state index contributed by atoms with van der Waals surface area (Å²) in [4.78, 5) is 29.1. The van der Waals surface area contributed by atoms with E-state index >= 15 is 0 Å². The van der Waals surface area contributed by atoms with Crippen molar-refractivity contribution in [2.45, 2.75) is 17.7 Å². The Bertz CT molecular complexity index is 900. The third-order valence-electron chi connectivity index (χ3n) is 5.18. The molecule has 0 saturated carbocycles. The molecular weight excluding hydrogens is 422 g/mol. The first-order chi connectivity index (χ1) is 14.6. The van der Waals surface area contributed by atoms with Crippen LogP contribution in [0.5, 0.6) is 0 Å². The highest BCUT2D eigenvalue weighted by Gasteiger charge is 2.35. The summed E-state index contributed by atoms with van der Waals surface area (Å²) in [6, 6.07) is 7.77. The van der Waals surface area contributed by atoms with E-state index in [1.807, 2.05) is 31.2 Å². The number of carbonyl (C=O) groups excluding carboxylic acids is 2. The first-order valence-electron chi connectivity index (χ1n) is 10.0. The van der Waals surface area contributed by atoms with Crippen molar-refractivity contribution >= 4 is 45.7 Å². The molecule has 0 radical (unpaired) electrons. The van der Waals surface area contributed by atoms with Crippen LogP contribution in [0.2, 0.25) is 0 Å². The summed E-state index contributed by atoms with van der Waals surface area (Å²) in [7, 11) is 0. The average Bonchev–Trinajstić information content (AvgIpc) is 3.35. The van der Waals surface area contributed by atoms with Crippen molar-refractivity contribution in [3.8, 4) is 0 Å². The Balaban J connectivity index is 1.26. The molecule has 8 nitrogen and oxygen atoms in total. The number of thioether (sulfide) groups is 1. The molecule has 30 heavy (non-hydrogen) atoms. The minimum atomic E-state index is -0.390. The first kappa shape index (κ1) is 21.2. The number of anilines is 2. The van der Waals surface area contributed by atoms with Crippen molar-refractivity contribution in [3.05, 3.63) is 29.8 Å². The summed E-state index contributed by atoms with van der Waals surface area (Å²) in [6.45, 7) is 6.88. The van der Waals surface area contributed by atoms with Crippen molar-refractivity contribution in [2.24, 2.45) is 5.92 Å². The summed E-state index contributed by atoms with van der Waals surface area (Å²) in [5.41, 5.74) is 1.92. The number of rotatable bonds is 7. The lowest BCUT2D eigenvalue weighted by molar-refractivity contribution is -0.122. The average molecular weight is 448 g/mol. The summed E-state index contributed by atoms with van der Waals surface area (Å²) in [5, 5.41) is 11.6. The second-order valence-electron chi connectivity index (χ2n) is 7.41. The molecule has 4 rings (SSSR count). The highest BCUT2D eigenvalue weighted by Crippen LogP contribution is 2.29. The van der Waals surface area contributed by atoms with Crippen molar-refractivity contribution < 1.29 is 14.3 Å². The Morgan fingerprint density at radius 2 is 2.17 bits per heavy atom. The van der Waals surface area contributed by atoms with Gasteiger partial charge in [-0.2, -0.15) is 0 Å². The van der Waals surface area contributed by atoms with Crippen molar-refractivity contribution in [3.63, 3.8) is 0 Å². The normalized spacial score (nSPS) is 20.0. The van der Waals surface area contributed by atoms with Gasteiger partial charge in [0.1, 0.15) is 0 Å². The Morgan fingerprint density at radius 1 is 1.33 bits per heavy atom. The Kier molecular flexibility index (Phi) is 6.98. The molecule has 0 unspecified atom stereocenters. The van der Waals surface area contributed by atoms with Crippen LogP contribution in [0.4, 0.5) is 10.8 Å². The number of nitrogens with zero attached hydrogens (tertiary/aromatic N) is 4. The van der Waals surface area contributed by atoms with E-state index in [-0.39, 0.29) is 24.2 Å². The van der Waals surface area contributed by atoms with Gasteiger partial charge < -0.3 is 15.0 Å². The van der Waals surface area contributed by atoms with Crippen LogP contribution in [0.1, 0.15) is 12.0 Å². The number of aryl methyl sites for hydroxylation is 1. The van der Waals surface area contributed by atoms with Crippen LogP contribution >= 0.6 is 23.1 Å². The molecule has 2 aliphatic rings. The van der Waals surface area contributed by atoms with Gasteiger partial charge in [0.15, 0.2) is 4.34 Å². The third-order valence-corrected chi connectivity index (χ3v) is 7.13. The maximum Gasteiger partial charge on any atom is 0.231 e. The molecule has 0 aliphatic carbocycles. The SMILES string of the molecule is Cc1cccc(N2C[C@H](C(=O)Nc3nnc(SCCN4CCOCC4)s3)CC2=O)c1. The van der Waals surface area contributed by atoms with Gasteiger partial charge in [0.2, 0.25) is 16.9 Å². The zero-order valence-corrected chi connectivity index (χ0v) is 18.5. The molecule has 1 N–H and O–H groups in total. The quantitative estimate of drug-likeness (QED) is 0.515. The van der Waals surface area contributed by atoms with E-state index in [9.17, 15) is 9.59 Å². The maximum absolute atomic E-state index is 12.7. The Hall–Kier alpha value is -2.01. The topological polar surface area (TPSA) is 87.7 Å². The van der Waals surface area contributed by atoms with Gasteiger partial charge >= 0.3 is 0 Å². The molecule has 10 heteroatoms. The summed E-state index contributed by atoms with van der Waals surface area (Å²) < 4.78 is 6.19. The molecule has 2 amide bonds. The highest BCUT2D eigenvalue weighted by molar-refractivity contribution is 8.01. The molecule has 2 fully saturated rings. The van der Waals surface area contributed by atoms with Crippen LogP contribution in [-0.4, -0.2) is 72.1 Å². The van der Waals surface area contributed by atoms with Crippen molar-refractivity contribution in [1.29, 1.82) is 0 Å². The second kappa shape index (κ2) is 9.86. The van der Waals surface area contributed by atoms with Gasteiger partial charge in [-0.25, -0.2) is 0 Å². The van der Waals surface area contributed by atoms with E-state index in [2.05, 4.69) is 20.4 Å². The first-order valence-corrected chi connectivity index (χ1v) is 11.8. The molecule has 2 aromatic rings. The minimum Gasteiger partial charge on any atom is -0.379 e.